The van der Waals surface area contributed by atoms with Gasteiger partial charge in [-0.1, -0.05) is 29.3 Å². The van der Waals surface area contributed by atoms with Gasteiger partial charge in [0, 0.05) is 60.7 Å². The molecule has 1 spiro atoms. The molecule has 0 radical (unpaired) electrons. The van der Waals surface area contributed by atoms with Crippen LogP contribution in [-0.2, 0) is 16.1 Å². The van der Waals surface area contributed by atoms with E-state index in [1.54, 1.807) is 23.1 Å². The Kier molecular flexibility index (Phi) is 8.37. The molecule has 1 aliphatic heterocycles. The van der Waals surface area contributed by atoms with Gasteiger partial charge in [-0.05, 0) is 73.3 Å². The molecule has 3 aromatic rings. The molecule has 38 heavy (non-hydrogen) atoms. The minimum atomic E-state index is -4.19. The number of likely N-dealkylation sites (tertiary alicyclic amines) is 1. The number of hydrogen-bond donors (Lipinski definition) is 1. The normalized spacial score (nSPS) is 16.9. The Morgan fingerprint density at radius 1 is 1.16 bits per heavy atom. The molecule has 1 saturated carbocycles. The van der Waals surface area contributed by atoms with Crippen molar-refractivity contribution in [3.63, 3.8) is 0 Å². The molecule has 1 atom stereocenters. The minimum absolute atomic E-state index is 0.293. The summed E-state index contributed by atoms with van der Waals surface area (Å²) in [5.41, 5.74) is 3.74. The van der Waals surface area contributed by atoms with E-state index in [1.165, 1.54) is 0 Å². The van der Waals surface area contributed by atoms with E-state index < -0.39 is 20.5 Å². The van der Waals surface area contributed by atoms with E-state index in [1.807, 2.05) is 36.7 Å². The number of halogens is 5. The van der Waals surface area contributed by atoms with E-state index in [0.29, 0.717) is 39.6 Å². The maximum atomic E-state index is 12.7. The molecule has 2 heterocycles. The third-order valence-electron chi connectivity index (χ3n) is 7.18. The number of alkyl halides is 3. The summed E-state index contributed by atoms with van der Waals surface area (Å²) in [7, 11) is -1.20. The van der Waals surface area contributed by atoms with E-state index in [-0.39, 0.29) is 0 Å². The van der Waals surface area contributed by atoms with Gasteiger partial charge in [0.15, 0.2) is 0 Å². The molecule has 1 amide bonds. The van der Waals surface area contributed by atoms with Crippen molar-refractivity contribution in [2.75, 3.05) is 13.1 Å². The number of aliphatic carboxylic acids is 1. The van der Waals surface area contributed by atoms with Crippen LogP contribution in [-0.4, -0.2) is 46.0 Å². The third-order valence-corrected chi connectivity index (χ3v) is 8.92. The number of carboxylic acids is 1. The lowest BCUT2D eigenvalue weighted by atomic mass is 9.57. The highest BCUT2D eigenvalue weighted by Gasteiger charge is 2.52. The van der Waals surface area contributed by atoms with Gasteiger partial charge in [-0.15, -0.1) is 0 Å². The number of hydrogen-bond acceptors (Lipinski definition) is 2. The number of rotatable bonds is 6. The van der Waals surface area contributed by atoms with Gasteiger partial charge < -0.3 is 14.6 Å². The number of amides is 1. The number of aromatic nitrogens is 1. The molecule has 1 N–H and O–H groups in total. The first-order valence-electron chi connectivity index (χ1n) is 12.1. The van der Waals surface area contributed by atoms with Crippen molar-refractivity contribution in [2.45, 2.75) is 45.6 Å². The molecule has 1 aromatic heterocycles. The maximum absolute atomic E-state index is 12.7. The molecule has 5 nitrogen and oxygen atoms in total. The number of carbonyl (C=O) groups excluding carboxylic acids is 1. The molecular formula is C27H28Cl2F3N2O3P. The summed E-state index contributed by atoms with van der Waals surface area (Å²) < 4.78 is 40.0. The first-order chi connectivity index (χ1) is 17.8. The van der Waals surface area contributed by atoms with E-state index in [9.17, 15) is 22.8 Å². The van der Waals surface area contributed by atoms with Crippen molar-refractivity contribution in [1.82, 2.24) is 9.47 Å². The number of aryl methyl sites for hydroxylation is 2. The average Bonchev–Trinajstić information content (AvgIpc) is 3.17. The van der Waals surface area contributed by atoms with Crippen molar-refractivity contribution in [1.29, 1.82) is 0 Å². The minimum Gasteiger partial charge on any atom is -0.481 e. The van der Waals surface area contributed by atoms with Gasteiger partial charge in [0.25, 0.3) is 0 Å². The molecule has 2 aromatic carbocycles. The molecular weight excluding hydrogens is 559 g/mol. The molecule has 1 aliphatic carbocycles. The van der Waals surface area contributed by atoms with Gasteiger partial charge in [0.1, 0.15) is 0 Å². The highest BCUT2D eigenvalue weighted by Crippen LogP contribution is 2.52. The summed E-state index contributed by atoms with van der Waals surface area (Å²) in [5, 5.41) is 10.8. The fraction of sp³-hybridized carbons (Fsp3) is 0.407. The monoisotopic (exact) mass is 586 g/mol. The van der Waals surface area contributed by atoms with E-state index in [2.05, 4.69) is 0 Å². The first-order valence-corrected chi connectivity index (χ1v) is 13.8. The molecule has 2 fully saturated rings. The Bertz CT molecular complexity index is 1360. The van der Waals surface area contributed by atoms with Gasteiger partial charge in [-0.3, -0.25) is 9.59 Å². The quantitative estimate of drug-likeness (QED) is 0.256. The second-order valence-electron chi connectivity index (χ2n) is 10.3. The van der Waals surface area contributed by atoms with Gasteiger partial charge in [0.2, 0.25) is 6.41 Å². The Labute approximate surface area is 230 Å². The highest BCUT2D eigenvalue weighted by molar-refractivity contribution is 7.48. The van der Waals surface area contributed by atoms with Crippen LogP contribution in [0, 0.1) is 25.2 Å². The van der Waals surface area contributed by atoms with Crippen molar-refractivity contribution >= 4 is 60.4 Å². The van der Waals surface area contributed by atoms with Crippen LogP contribution >= 0.6 is 31.8 Å². The predicted molar refractivity (Wildman–Crippen MR) is 146 cm³/mol. The first kappa shape index (κ1) is 28.7. The summed E-state index contributed by atoms with van der Waals surface area (Å²) in [6.45, 7) is 5.87. The lowest BCUT2D eigenvalue weighted by Crippen LogP contribution is -2.61. The van der Waals surface area contributed by atoms with E-state index in [4.69, 9.17) is 28.3 Å². The topological polar surface area (TPSA) is 62.5 Å². The number of benzene rings is 2. The van der Waals surface area contributed by atoms with Gasteiger partial charge in [0.05, 0.1) is 12.1 Å². The molecule has 2 aliphatic rings. The average molecular weight is 587 g/mol. The summed E-state index contributed by atoms with van der Waals surface area (Å²) in [5.74, 6) is -4.54. The lowest BCUT2D eigenvalue weighted by molar-refractivity contribution is -0.150. The van der Waals surface area contributed by atoms with Crippen molar-refractivity contribution < 1.29 is 27.9 Å². The smallest absolute Gasteiger partial charge is 0.406 e. The zero-order chi connectivity index (χ0) is 27.8. The molecule has 204 valence electrons. The SMILES string of the molecule is Cc1ccc(Cl)c(Cn2ccc3cc(PC(F)(F)F)cc(C)c32)c1Cl.O=CN1CC2(CC(CC(=O)O)C2)C1. The van der Waals surface area contributed by atoms with Crippen LogP contribution < -0.4 is 5.30 Å². The largest absolute Gasteiger partial charge is 0.481 e. The van der Waals surface area contributed by atoms with Crippen LogP contribution in [0.1, 0.15) is 36.0 Å². The van der Waals surface area contributed by atoms with Crippen molar-refractivity contribution in [2.24, 2.45) is 11.3 Å². The Morgan fingerprint density at radius 3 is 2.45 bits per heavy atom. The third kappa shape index (κ3) is 6.47. The molecule has 11 heteroatoms. The highest BCUT2D eigenvalue weighted by atomic mass is 35.5. The summed E-state index contributed by atoms with van der Waals surface area (Å²) in [6.07, 6.45) is 5.00. The zero-order valence-corrected chi connectivity index (χ0v) is 23.4. The predicted octanol–water partition coefficient (Wildman–Crippen LogP) is 6.77. The van der Waals surface area contributed by atoms with Gasteiger partial charge >= 0.3 is 11.9 Å². The Balaban J connectivity index is 0.000000216. The van der Waals surface area contributed by atoms with Crippen LogP contribution in [0.5, 0.6) is 0 Å². The lowest BCUT2D eigenvalue weighted by Gasteiger charge is -2.58. The fourth-order valence-electron chi connectivity index (χ4n) is 5.67. The summed E-state index contributed by atoms with van der Waals surface area (Å²) >= 11 is 12.7. The zero-order valence-electron chi connectivity index (χ0n) is 20.9. The standard InChI is InChI=1S/C18H15Cl2F3NP.C9H13NO3/c1-10-3-4-15(19)14(16(10)20)9-24-6-5-12-8-13(25-18(21,22)23)7-11(2)17(12)24;11-6-10-4-9(5-10)2-7(3-9)1-8(12)13/h3-8,25H,9H2,1-2H3;6-7H,1-5H2,(H,12,13). The number of carbonyl (C=O) groups is 2. The summed E-state index contributed by atoms with van der Waals surface area (Å²) in [6, 6.07) is 8.69. The van der Waals surface area contributed by atoms with Crippen LogP contribution in [0.4, 0.5) is 13.2 Å². The van der Waals surface area contributed by atoms with Crippen LogP contribution in [0.25, 0.3) is 10.9 Å². The molecule has 0 bridgehead atoms. The number of fused-ring (bicyclic) bond motifs is 1. The molecule has 1 unspecified atom stereocenters. The Hall–Kier alpha value is -2.28. The molecule has 1 saturated heterocycles. The summed E-state index contributed by atoms with van der Waals surface area (Å²) in [4.78, 5) is 22.4. The second-order valence-corrected chi connectivity index (χ2v) is 12.5. The van der Waals surface area contributed by atoms with Crippen molar-refractivity contribution in [3.8, 4) is 0 Å². The fourth-order valence-corrected chi connectivity index (χ4v) is 7.01. The van der Waals surface area contributed by atoms with Crippen LogP contribution in [0.15, 0.2) is 36.5 Å². The number of nitrogens with zero attached hydrogens (tertiary/aromatic N) is 2. The maximum Gasteiger partial charge on any atom is 0.406 e. The van der Waals surface area contributed by atoms with Gasteiger partial charge in [-0.2, -0.15) is 13.2 Å². The van der Waals surface area contributed by atoms with Crippen LogP contribution in [0.2, 0.25) is 10.0 Å². The van der Waals surface area contributed by atoms with E-state index in [0.717, 1.165) is 59.9 Å². The molecule has 5 rings (SSSR count). The van der Waals surface area contributed by atoms with E-state index >= 15 is 0 Å². The van der Waals surface area contributed by atoms with Crippen molar-refractivity contribution in [3.05, 3.63) is 63.3 Å². The number of carboxylic acid groups (broad SMARTS) is 1. The second kappa shape index (κ2) is 11.1. The Morgan fingerprint density at radius 2 is 1.84 bits per heavy atom. The van der Waals surface area contributed by atoms with Gasteiger partial charge in [-0.25, -0.2) is 0 Å². The van der Waals surface area contributed by atoms with Crippen LogP contribution in [0.3, 0.4) is 0 Å².